The quantitative estimate of drug-likeness (QED) is 0.618. The molecule has 2 heterocycles. The van der Waals surface area contributed by atoms with Gasteiger partial charge in [0.05, 0.1) is 18.0 Å². The van der Waals surface area contributed by atoms with Crippen molar-refractivity contribution in [2.24, 2.45) is 0 Å². The molecule has 2 aromatic rings. The van der Waals surface area contributed by atoms with Crippen molar-refractivity contribution in [1.29, 1.82) is 0 Å². The number of hydrogen-bond acceptors (Lipinski definition) is 2. The number of nitrogens with zero attached hydrogens (tertiary/aromatic N) is 2. The van der Waals surface area contributed by atoms with E-state index in [9.17, 15) is 4.79 Å². The summed E-state index contributed by atoms with van der Waals surface area (Å²) in [5, 5.41) is 0. The molecule has 2 rings (SSSR count). The number of aromatic nitrogens is 2. The highest BCUT2D eigenvalue weighted by molar-refractivity contribution is 5.95. The van der Waals surface area contributed by atoms with E-state index in [0.29, 0.717) is 0 Å². The standard InChI is InChI=1S/C10H10N2O/c1-7-3-9-4-11-6-12(9)5-10(7)8(2)13/h3-6H,1-2H3. The first-order valence-corrected chi connectivity index (χ1v) is 4.12. The minimum Gasteiger partial charge on any atom is -0.306 e. The van der Waals surface area contributed by atoms with Crippen molar-refractivity contribution in [3.8, 4) is 0 Å². The molecular weight excluding hydrogens is 164 g/mol. The smallest absolute Gasteiger partial charge is 0.161 e. The zero-order chi connectivity index (χ0) is 9.42. The highest BCUT2D eigenvalue weighted by Crippen LogP contribution is 2.12. The molecule has 0 aliphatic heterocycles. The van der Waals surface area contributed by atoms with Crippen LogP contribution in [0.4, 0.5) is 0 Å². The van der Waals surface area contributed by atoms with Crippen molar-refractivity contribution < 1.29 is 4.79 Å². The Bertz CT molecular complexity index is 471. The first-order chi connectivity index (χ1) is 6.18. The number of carbonyl (C=O) groups is 1. The average molecular weight is 174 g/mol. The van der Waals surface area contributed by atoms with Crippen LogP contribution in [0, 0.1) is 6.92 Å². The molecule has 0 saturated heterocycles. The minimum absolute atomic E-state index is 0.0908. The van der Waals surface area contributed by atoms with Crippen molar-refractivity contribution >= 4 is 11.3 Å². The molecule has 0 saturated carbocycles. The van der Waals surface area contributed by atoms with Gasteiger partial charge in [-0.1, -0.05) is 0 Å². The number of imidazole rings is 1. The predicted octanol–water partition coefficient (Wildman–Crippen LogP) is 1.85. The number of carbonyl (C=O) groups excluding carboxylic acids is 1. The maximum absolute atomic E-state index is 11.2. The van der Waals surface area contributed by atoms with Crippen LogP contribution >= 0.6 is 0 Å². The van der Waals surface area contributed by atoms with Crippen LogP contribution in [-0.2, 0) is 0 Å². The summed E-state index contributed by atoms with van der Waals surface area (Å²) in [6.07, 6.45) is 5.29. The van der Waals surface area contributed by atoms with Gasteiger partial charge >= 0.3 is 0 Å². The van der Waals surface area contributed by atoms with Gasteiger partial charge < -0.3 is 4.40 Å². The zero-order valence-electron chi connectivity index (χ0n) is 7.61. The molecule has 0 spiro atoms. The molecule has 3 nitrogen and oxygen atoms in total. The summed E-state index contributed by atoms with van der Waals surface area (Å²) >= 11 is 0. The Morgan fingerprint density at radius 1 is 1.54 bits per heavy atom. The maximum atomic E-state index is 11.2. The molecular formula is C10H10N2O. The molecule has 0 aliphatic carbocycles. The lowest BCUT2D eigenvalue weighted by atomic mass is 10.1. The maximum Gasteiger partial charge on any atom is 0.161 e. The van der Waals surface area contributed by atoms with E-state index in [1.807, 2.05) is 23.6 Å². The third kappa shape index (κ3) is 1.22. The molecule has 0 fully saturated rings. The van der Waals surface area contributed by atoms with Crippen LogP contribution in [-0.4, -0.2) is 15.2 Å². The molecule has 0 bridgehead atoms. The van der Waals surface area contributed by atoms with Gasteiger partial charge in [0.2, 0.25) is 0 Å². The van der Waals surface area contributed by atoms with Crippen molar-refractivity contribution in [2.45, 2.75) is 13.8 Å². The third-order valence-corrected chi connectivity index (χ3v) is 2.13. The molecule has 13 heavy (non-hydrogen) atoms. The highest BCUT2D eigenvalue weighted by Gasteiger charge is 2.05. The second-order valence-corrected chi connectivity index (χ2v) is 3.15. The average Bonchev–Trinajstić information content (AvgIpc) is 2.48. The molecule has 2 aromatic heterocycles. The van der Waals surface area contributed by atoms with Crippen molar-refractivity contribution in [3.05, 3.63) is 35.9 Å². The Morgan fingerprint density at radius 2 is 2.31 bits per heavy atom. The van der Waals surface area contributed by atoms with Gasteiger partial charge in [0, 0.05) is 11.8 Å². The topological polar surface area (TPSA) is 34.4 Å². The van der Waals surface area contributed by atoms with Crippen LogP contribution in [0.3, 0.4) is 0 Å². The van der Waals surface area contributed by atoms with Gasteiger partial charge in [0.25, 0.3) is 0 Å². The summed E-state index contributed by atoms with van der Waals surface area (Å²) in [5.41, 5.74) is 2.77. The number of pyridine rings is 1. The first kappa shape index (κ1) is 7.98. The van der Waals surface area contributed by atoms with Crippen molar-refractivity contribution in [3.63, 3.8) is 0 Å². The van der Waals surface area contributed by atoms with Gasteiger partial charge in [-0.15, -0.1) is 0 Å². The molecule has 0 unspecified atom stereocenters. The molecule has 66 valence electrons. The Kier molecular flexibility index (Phi) is 1.65. The molecule has 0 amide bonds. The summed E-state index contributed by atoms with van der Waals surface area (Å²) in [5.74, 6) is 0.0908. The molecule has 0 aromatic carbocycles. The van der Waals surface area contributed by atoms with Crippen LogP contribution in [0.1, 0.15) is 22.8 Å². The van der Waals surface area contributed by atoms with Gasteiger partial charge in [-0.2, -0.15) is 0 Å². The van der Waals surface area contributed by atoms with E-state index in [-0.39, 0.29) is 5.78 Å². The van der Waals surface area contributed by atoms with Crippen LogP contribution < -0.4 is 0 Å². The Labute approximate surface area is 76.0 Å². The van der Waals surface area contributed by atoms with Crippen molar-refractivity contribution in [2.75, 3.05) is 0 Å². The third-order valence-electron chi connectivity index (χ3n) is 2.13. The monoisotopic (exact) mass is 174 g/mol. The SMILES string of the molecule is CC(=O)c1cn2cncc2cc1C. The van der Waals surface area contributed by atoms with Gasteiger partial charge in [-0.25, -0.2) is 4.98 Å². The summed E-state index contributed by atoms with van der Waals surface area (Å²) < 4.78 is 1.85. The fourth-order valence-electron chi connectivity index (χ4n) is 1.44. The molecule has 0 N–H and O–H groups in total. The van der Waals surface area contributed by atoms with E-state index >= 15 is 0 Å². The second kappa shape index (κ2) is 2.69. The first-order valence-electron chi connectivity index (χ1n) is 4.12. The number of hydrogen-bond donors (Lipinski definition) is 0. The van der Waals surface area contributed by atoms with E-state index in [1.165, 1.54) is 0 Å². The van der Waals surface area contributed by atoms with Crippen molar-refractivity contribution in [1.82, 2.24) is 9.38 Å². The molecule has 0 aliphatic rings. The second-order valence-electron chi connectivity index (χ2n) is 3.15. The summed E-state index contributed by atoms with van der Waals surface area (Å²) in [7, 11) is 0. The Balaban J connectivity index is 2.76. The lowest BCUT2D eigenvalue weighted by molar-refractivity contribution is 0.101. The fraction of sp³-hybridized carbons (Fsp3) is 0.200. The van der Waals surface area contributed by atoms with E-state index in [1.54, 1.807) is 19.4 Å². The molecule has 3 heteroatoms. The predicted molar refractivity (Wildman–Crippen MR) is 49.9 cm³/mol. The van der Waals surface area contributed by atoms with Gasteiger partial charge in [-0.3, -0.25) is 4.79 Å². The lowest BCUT2D eigenvalue weighted by Gasteiger charge is -2.02. The van der Waals surface area contributed by atoms with Crippen LogP contribution in [0.2, 0.25) is 0 Å². The van der Waals surface area contributed by atoms with E-state index in [4.69, 9.17) is 0 Å². The minimum atomic E-state index is 0.0908. The van der Waals surface area contributed by atoms with Crippen LogP contribution in [0.25, 0.3) is 5.52 Å². The summed E-state index contributed by atoms with van der Waals surface area (Å²) in [6, 6.07) is 1.96. The largest absolute Gasteiger partial charge is 0.306 e. The number of ketones is 1. The number of fused-ring (bicyclic) bond motifs is 1. The van der Waals surface area contributed by atoms with E-state index in [2.05, 4.69) is 4.98 Å². The lowest BCUT2D eigenvalue weighted by Crippen LogP contribution is -1.98. The van der Waals surface area contributed by atoms with Gasteiger partial charge in [0.15, 0.2) is 5.78 Å². The highest BCUT2D eigenvalue weighted by atomic mass is 16.1. The van der Waals surface area contributed by atoms with Crippen LogP contribution in [0.5, 0.6) is 0 Å². The Hall–Kier alpha value is -1.64. The van der Waals surface area contributed by atoms with E-state index in [0.717, 1.165) is 16.6 Å². The summed E-state index contributed by atoms with van der Waals surface area (Å²) in [4.78, 5) is 15.2. The van der Waals surface area contributed by atoms with Gasteiger partial charge in [0.1, 0.15) is 0 Å². The Morgan fingerprint density at radius 3 is 3.00 bits per heavy atom. The van der Waals surface area contributed by atoms with E-state index < -0.39 is 0 Å². The number of aryl methyl sites for hydroxylation is 1. The summed E-state index contributed by atoms with van der Waals surface area (Å²) in [6.45, 7) is 3.51. The molecule has 0 radical (unpaired) electrons. The fourth-order valence-corrected chi connectivity index (χ4v) is 1.44. The van der Waals surface area contributed by atoms with Crippen LogP contribution in [0.15, 0.2) is 24.8 Å². The zero-order valence-corrected chi connectivity index (χ0v) is 7.61. The number of Topliss-reactive ketones (excluding diaryl/α,β-unsaturated/α-hetero) is 1. The molecule has 0 atom stereocenters. The van der Waals surface area contributed by atoms with Gasteiger partial charge in [-0.05, 0) is 25.5 Å². The number of rotatable bonds is 1. The normalized spacial score (nSPS) is 10.6.